The van der Waals surface area contributed by atoms with Crippen molar-refractivity contribution in [1.29, 1.82) is 0 Å². The molecule has 1 aromatic carbocycles. The Morgan fingerprint density at radius 1 is 1.25 bits per heavy atom. The van der Waals surface area contributed by atoms with E-state index in [2.05, 4.69) is 44.5 Å². The summed E-state index contributed by atoms with van der Waals surface area (Å²) >= 11 is 1.37. The summed E-state index contributed by atoms with van der Waals surface area (Å²) in [4.78, 5) is 0. The molecule has 1 aromatic heterocycles. The molecule has 0 aliphatic heterocycles. The first-order valence-electron chi connectivity index (χ1n) is 5.12. The van der Waals surface area contributed by atoms with Crippen molar-refractivity contribution in [3.63, 3.8) is 0 Å². The summed E-state index contributed by atoms with van der Waals surface area (Å²) in [7, 11) is 1.92. The van der Waals surface area contributed by atoms with Crippen LogP contribution in [0, 0.1) is 0 Å². The first-order valence-corrected chi connectivity index (χ1v) is 5.95. The molecule has 4 nitrogen and oxygen atoms in total. The second-order valence-corrected chi connectivity index (χ2v) is 4.05. The summed E-state index contributed by atoms with van der Waals surface area (Å²) in [6.45, 7) is 1.69. The van der Waals surface area contributed by atoms with Gasteiger partial charge in [0.1, 0.15) is 5.69 Å². The average Bonchev–Trinajstić information content (AvgIpc) is 2.84. The van der Waals surface area contributed by atoms with Crippen LogP contribution in [0.1, 0.15) is 5.56 Å². The number of benzene rings is 1. The minimum atomic E-state index is 0.817. The van der Waals surface area contributed by atoms with Crippen LogP contribution in [0.2, 0.25) is 0 Å². The fourth-order valence-electron chi connectivity index (χ4n) is 1.42. The predicted octanol–water partition coefficient (Wildman–Crippen LogP) is 1.47. The van der Waals surface area contributed by atoms with Crippen molar-refractivity contribution in [1.82, 2.24) is 20.2 Å². The molecule has 2 rings (SSSR count). The maximum Gasteiger partial charge on any atom is 0.105 e. The molecule has 0 bridgehead atoms. The lowest BCUT2D eigenvalue weighted by Gasteiger charge is -2.04. The molecule has 0 saturated carbocycles. The Bertz CT molecular complexity index is 410. The average molecular weight is 234 g/mol. The van der Waals surface area contributed by atoms with E-state index in [0.29, 0.717) is 0 Å². The van der Waals surface area contributed by atoms with Crippen LogP contribution in [-0.4, -0.2) is 23.3 Å². The standard InChI is InChI=1S/C11H14N4S/c1-12-8-13-6-9-2-4-10(5-3-9)11-7-16-15-14-11/h2-5,7,12-13H,6,8H2,1H3. The minimum Gasteiger partial charge on any atom is -0.308 e. The molecule has 0 saturated heterocycles. The lowest BCUT2D eigenvalue weighted by atomic mass is 10.1. The first kappa shape index (κ1) is 11.2. The number of hydrogen-bond acceptors (Lipinski definition) is 5. The Balaban J connectivity index is 2.00. The molecule has 0 radical (unpaired) electrons. The van der Waals surface area contributed by atoms with E-state index in [-0.39, 0.29) is 0 Å². The molecule has 84 valence electrons. The lowest BCUT2D eigenvalue weighted by Crippen LogP contribution is -2.25. The highest BCUT2D eigenvalue weighted by Gasteiger charge is 2.00. The van der Waals surface area contributed by atoms with Crippen LogP contribution in [0.5, 0.6) is 0 Å². The van der Waals surface area contributed by atoms with Crippen LogP contribution in [0.25, 0.3) is 11.3 Å². The third kappa shape index (κ3) is 2.85. The van der Waals surface area contributed by atoms with Gasteiger partial charge in [0.15, 0.2) is 0 Å². The van der Waals surface area contributed by atoms with E-state index in [1.54, 1.807) is 0 Å². The van der Waals surface area contributed by atoms with Crippen LogP contribution < -0.4 is 10.6 Å². The van der Waals surface area contributed by atoms with Gasteiger partial charge in [-0.15, -0.1) is 5.10 Å². The van der Waals surface area contributed by atoms with E-state index in [1.807, 2.05) is 12.4 Å². The summed E-state index contributed by atoms with van der Waals surface area (Å²) < 4.78 is 3.85. The molecule has 0 unspecified atom stereocenters. The SMILES string of the molecule is CNCNCc1ccc(-c2csnn2)cc1. The van der Waals surface area contributed by atoms with Crippen molar-refractivity contribution in [2.45, 2.75) is 6.54 Å². The summed E-state index contributed by atoms with van der Waals surface area (Å²) in [6.07, 6.45) is 0. The van der Waals surface area contributed by atoms with Crippen LogP contribution in [0.3, 0.4) is 0 Å². The van der Waals surface area contributed by atoms with Gasteiger partial charge in [-0.05, 0) is 24.1 Å². The number of hydrogen-bond donors (Lipinski definition) is 2. The van der Waals surface area contributed by atoms with Gasteiger partial charge in [0, 0.05) is 24.2 Å². The molecule has 0 aliphatic rings. The van der Waals surface area contributed by atoms with Crippen molar-refractivity contribution in [2.24, 2.45) is 0 Å². The third-order valence-electron chi connectivity index (χ3n) is 2.24. The van der Waals surface area contributed by atoms with E-state index < -0.39 is 0 Å². The van der Waals surface area contributed by atoms with Gasteiger partial charge in [0.25, 0.3) is 0 Å². The van der Waals surface area contributed by atoms with Crippen molar-refractivity contribution < 1.29 is 0 Å². The second-order valence-electron chi connectivity index (χ2n) is 3.44. The van der Waals surface area contributed by atoms with E-state index in [9.17, 15) is 0 Å². The number of rotatable bonds is 5. The Hall–Kier alpha value is -1.30. The highest BCUT2D eigenvalue weighted by Crippen LogP contribution is 2.17. The lowest BCUT2D eigenvalue weighted by molar-refractivity contribution is 0.632. The van der Waals surface area contributed by atoms with Crippen molar-refractivity contribution >= 4 is 11.5 Å². The number of aromatic nitrogens is 2. The molecule has 0 atom stereocenters. The van der Waals surface area contributed by atoms with Crippen molar-refractivity contribution in [2.75, 3.05) is 13.7 Å². The zero-order chi connectivity index (χ0) is 11.2. The molecule has 16 heavy (non-hydrogen) atoms. The van der Waals surface area contributed by atoms with E-state index in [1.165, 1.54) is 17.1 Å². The Labute approximate surface area is 98.9 Å². The van der Waals surface area contributed by atoms with Gasteiger partial charge in [-0.25, -0.2) is 0 Å². The largest absolute Gasteiger partial charge is 0.308 e. The molecule has 0 aliphatic carbocycles. The summed E-state index contributed by atoms with van der Waals surface area (Å²) in [5, 5.41) is 12.3. The highest BCUT2D eigenvalue weighted by atomic mass is 32.1. The third-order valence-corrected chi connectivity index (χ3v) is 2.75. The maximum atomic E-state index is 4.03. The molecular formula is C11H14N4S. The fourth-order valence-corrected chi connectivity index (χ4v) is 1.88. The molecule has 1 heterocycles. The number of nitrogens with one attached hydrogen (secondary N) is 2. The van der Waals surface area contributed by atoms with Gasteiger partial charge in [0.2, 0.25) is 0 Å². The Morgan fingerprint density at radius 2 is 2.06 bits per heavy atom. The molecule has 0 spiro atoms. The normalized spacial score (nSPS) is 10.6. The van der Waals surface area contributed by atoms with Crippen LogP contribution in [0.15, 0.2) is 29.6 Å². The van der Waals surface area contributed by atoms with Crippen molar-refractivity contribution in [3.8, 4) is 11.3 Å². The summed E-state index contributed by atoms with van der Waals surface area (Å²) in [5.41, 5.74) is 3.33. The summed E-state index contributed by atoms with van der Waals surface area (Å²) in [6, 6.07) is 8.37. The molecule has 2 aromatic rings. The molecule has 5 heteroatoms. The Morgan fingerprint density at radius 3 is 2.69 bits per heavy atom. The topological polar surface area (TPSA) is 49.8 Å². The molecular weight excluding hydrogens is 220 g/mol. The summed E-state index contributed by atoms with van der Waals surface area (Å²) in [5.74, 6) is 0. The molecule has 2 N–H and O–H groups in total. The van der Waals surface area contributed by atoms with E-state index in [4.69, 9.17) is 0 Å². The molecule has 0 amide bonds. The van der Waals surface area contributed by atoms with Gasteiger partial charge in [-0.1, -0.05) is 28.8 Å². The monoisotopic (exact) mass is 234 g/mol. The first-order chi connectivity index (χ1) is 7.90. The maximum absolute atomic E-state index is 4.03. The van der Waals surface area contributed by atoms with Gasteiger partial charge in [-0.2, -0.15) is 0 Å². The van der Waals surface area contributed by atoms with Crippen molar-refractivity contribution in [3.05, 3.63) is 35.2 Å². The van der Waals surface area contributed by atoms with Crippen LogP contribution >= 0.6 is 11.5 Å². The van der Waals surface area contributed by atoms with Crippen LogP contribution in [-0.2, 0) is 6.54 Å². The van der Waals surface area contributed by atoms with Gasteiger partial charge in [0.05, 0.1) is 0 Å². The van der Waals surface area contributed by atoms with Crippen LogP contribution in [0.4, 0.5) is 0 Å². The minimum absolute atomic E-state index is 0.817. The zero-order valence-electron chi connectivity index (χ0n) is 9.10. The Kier molecular flexibility index (Phi) is 3.98. The smallest absolute Gasteiger partial charge is 0.105 e. The second kappa shape index (κ2) is 5.69. The van der Waals surface area contributed by atoms with Gasteiger partial charge in [-0.3, -0.25) is 0 Å². The predicted molar refractivity (Wildman–Crippen MR) is 66.1 cm³/mol. The highest BCUT2D eigenvalue weighted by molar-refractivity contribution is 7.03. The van der Waals surface area contributed by atoms with Gasteiger partial charge >= 0.3 is 0 Å². The molecule has 0 fully saturated rings. The van der Waals surface area contributed by atoms with Gasteiger partial charge < -0.3 is 10.6 Å². The zero-order valence-corrected chi connectivity index (χ0v) is 9.92. The fraction of sp³-hybridized carbons (Fsp3) is 0.273. The van der Waals surface area contributed by atoms with E-state index >= 15 is 0 Å². The quantitative estimate of drug-likeness (QED) is 0.607. The van der Waals surface area contributed by atoms with E-state index in [0.717, 1.165) is 24.5 Å². The number of nitrogens with zero attached hydrogens (tertiary/aromatic N) is 2.